The SMILES string of the molecule is CN(C)c1ccn([C@@H]2O[C@H](CO)CC2O)c(=O)n1. The van der Waals surface area contributed by atoms with E-state index in [1.807, 2.05) is 0 Å². The number of ether oxygens (including phenoxy) is 1. The van der Waals surface area contributed by atoms with E-state index in [2.05, 4.69) is 4.98 Å². The minimum atomic E-state index is -0.813. The minimum Gasteiger partial charge on any atom is -0.394 e. The number of hydrogen-bond donors (Lipinski definition) is 2. The first-order valence-electron chi connectivity index (χ1n) is 5.74. The van der Waals surface area contributed by atoms with Gasteiger partial charge in [-0.15, -0.1) is 0 Å². The summed E-state index contributed by atoms with van der Waals surface area (Å²) in [6, 6.07) is 1.67. The van der Waals surface area contributed by atoms with Crippen molar-refractivity contribution in [1.29, 1.82) is 0 Å². The van der Waals surface area contributed by atoms with E-state index in [4.69, 9.17) is 9.84 Å². The van der Waals surface area contributed by atoms with Crippen LogP contribution >= 0.6 is 0 Å². The zero-order chi connectivity index (χ0) is 13.3. The van der Waals surface area contributed by atoms with Crippen molar-refractivity contribution in [3.8, 4) is 0 Å². The van der Waals surface area contributed by atoms with Gasteiger partial charge in [0.15, 0.2) is 6.23 Å². The van der Waals surface area contributed by atoms with E-state index < -0.39 is 24.1 Å². The maximum Gasteiger partial charge on any atom is 0.351 e. The molecular weight excluding hydrogens is 238 g/mol. The van der Waals surface area contributed by atoms with Gasteiger partial charge in [0.1, 0.15) is 11.9 Å². The highest BCUT2D eigenvalue weighted by molar-refractivity contribution is 5.33. The van der Waals surface area contributed by atoms with Crippen LogP contribution in [0.5, 0.6) is 0 Å². The van der Waals surface area contributed by atoms with Gasteiger partial charge in [0, 0.05) is 26.7 Å². The predicted octanol–water partition coefficient (Wildman–Crippen LogP) is -1.05. The van der Waals surface area contributed by atoms with E-state index in [1.165, 1.54) is 10.8 Å². The van der Waals surface area contributed by atoms with E-state index in [1.54, 1.807) is 25.1 Å². The van der Waals surface area contributed by atoms with Crippen molar-refractivity contribution >= 4 is 5.82 Å². The standard InChI is InChI=1S/C11H17N3O4/c1-13(2)9-3-4-14(11(17)12-9)10-8(16)5-7(6-15)18-10/h3-4,7-8,10,15-16H,5-6H2,1-2H3/t7-,8?,10+/m0/s1. The average Bonchev–Trinajstić information content (AvgIpc) is 2.70. The number of hydrogen-bond acceptors (Lipinski definition) is 6. The molecule has 0 amide bonds. The number of aliphatic hydroxyl groups is 2. The van der Waals surface area contributed by atoms with E-state index in [0.29, 0.717) is 12.2 Å². The van der Waals surface area contributed by atoms with Gasteiger partial charge >= 0.3 is 5.69 Å². The Morgan fingerprint density at radius 3 is 2.83 bits per heavy atom. The van der Waals surface area contributed by atoms with Crippen molar-refractivity contribution in [2.75, 3.05) is 25.6 Å². The molecule has 1 saturated heterocycles. The van der Waals surface area contributed by atoms with E-state index in [0.717, 1.165) is 0 Å². The summed E-state index contributed by atoms with van der Waals surface area (Å²) in [5.41, 5.74) is -0.483. The Kier molecular flexibility index (Phi) is 3.65. The summed E-state index contributed by atoms with van der Waals surface area (Å²) in [6.45, 7) is -0.175. The van der Waals surface area contributed by atoms with Crippen LogP contribution in [0.3, 0.4) is 0 Å². The van der Waals surface area contributed by atoms with Crippen LogP contribution in [0.2, 0.25) is 0 Å². The Morgan fingerprint density at radius 2 is 2.33 bits per heavy atom. The normalized spacial score (nSPS) is 27.4. The van der Waals surface area contributed by atoms with Crippen LogP contribution in [0.4, 0.5) is 5.82 Å². The molecule has 2 heterocycles. The fourth-order valence-electron chi connectivity index (χ4n) is 1.94. The highest BCUT2D eigenvalue weighted by Gasteiger charge is 2.35. The molecule has 7 nitrogen and oxygen atoms in total. The van der Waals surface area contributed by atoms with Crippen molar-refractivity contribution < 1.29 is 14.9 Å². The van der Waals surface area contributed by atoms with Crippen molar-refractivity contribution in [1.82, 2.24) is 9.55 Å². The first-order chi connectivity index (χ1) is 8.52. The predicted molar refractivity (Wildman–Crippen MR) is 64.4 cm³/mol. The second-order valence-corrected chi connectivity index (χ2v) is 4.50. The van der Waals surface area contributed by atoms with E-state index in [9.17, 15) is 9.90 Å². The zero-order valence-electron chi connectivity index (χ0n) is 10.4. The number of aliphatic hydroxyl groups excluding tert-OH is 2. The van der Waals surface area contributed by atoms with Gasteiger partial charge in [-0.3, -0.25) is 4.57 Å². The van der Waals surface area contributed by atoms with Crippen LogP contribution in [0.15, 0.2) is 17.1 Å². The topological polar surface area (TPSA) is 87.8 Å². The molecule has 18 heavy (non-hydrogen) atoms. The molecule has 1 fully saturated rings. The van der Waals surface area contributed by atoms with Gasteiger partial charge in [-0.2, -0.15) is 4.98 Å². The molecule has 1 unspecified atom stereocenters. The lowest BCUT2D eigenvalue weighted by Gasteiger charge is -2.18. The highest BCUT2D eigenvalue weighted by Crippen LogP contribution is 2.27. The van der Waals surface area contributed by atoms with Crippen LogP contribution in [-0.4, -0.2) is 52.7 Å². The molecule has 7 heteroatoms. The monoisotopic (exact) mass is 255 g/mol. The molecule has 0 spiro atoms. The van der Waals surface area contributed by atoms with Gasteiger partial charge in [-0.25, -0.2) is 4.79 Å². The summed E-state index contributed by atoms with van der Waals surface area (Å²) in [6.07, 6.45) is -0.183. The highest BCUT2D eigenvalue weighted by atomic mass is 16.5. The van der Waals surface area contributed by atoms with Crippen molar-refractivity contribution in [3.05, 3.63) is 22.7 Å². The number of aromatic nitrogens is 2. The van der Waals surface area contributed by atoms with Gasteiger partial charge in [0.25, 0.3) is 0 Å². The Morgan fingerprint density at radius 1 is 1.61 bits per heavy atom. The molecule has 2 N–H and O–H groups in total. The van der Waals surface area contributed by atoms with Crippen molar-refractivity contribution in [2.24, 2.45) is 0 Å². The third-order valence-electron chi connectivity index (χ3n) is 2.92. The van der Waals surface area contributed by atoms with Crippen molar-refractivity contribution in [2.45, 2.75) is 24.9 Å². The molecule has 0 radical (unpaired) electrons. The molecule has 1 aliphatic rings. The maximum atomic E-state index is 11.8. The minimum absolute atomic E-state index is 0.175. The molecule has 0 aromatic carbocycles. The van der Waals surface area contributed by atoms with Gasteiger partial charge in [0.2, 0.25) is 0 Å². The second kappa shape index (κ2) is 5.05. The molecule has 0 aliphatic carbocycles. The summed E-state index contributed by atoms with van der Waals surface area (Å²) in [5, 5.41) is 18.8. The molecule has 1 aliphatic heterocycles. The number of anilines is 1. The molecule has 1 aromatic rings. The van der Waals surface area contributed by atoms with Gasteiger partial charge in [0.05, 0.1) is 12.7 Å². The first-order valence-corrected chi connectivity index (χ1v) is 5.74. The third kappa shape index (κ3) is 2.38. The Hall–Kier alpha value is -1.44. The maximum absolute atomic E-state index is 11.8. The van der Waals surface area contributed by atoms with E-state index in [-0.39, 0.29) is 6.61 Å². The molecule has 0 saturated carbocycles. The van der Waals surface area contributed by atoms with Crippen LogP contribution in [0.25, 0.3) is 0 Å². The summed E-state index contributed by atoms with van der Waals surface area (Å²) in [5.74, 6) is 0.544. The molecule has 1 aromatic heterocycles. The summed E-state index contributed by atoms with van der Waals surface area (Å²) in [4.78, 5) is 17.4. The Balaban J connectivity index is 2.27. The Bertz CT molecular complexity index is 474. The molecule has 2 rings (SSSR count). The molecule has 3 atom stereocenters. The van der Waals surface area contributed by atoms with Gasteiger partial charge < -0.3 is 19.8 Å². The van der Waals surface area contributed by atoms with Crippen LogP contribution in [0.1, 0.15) is 12.6 Å². The quantitative estimate of drug-likeness (QED) is 0.716. The fourth-order valence-corrected chi connectivity index (χ4v) is 1.94. The van der Waals surface area contributed by atoms with Crippen LogP contribution in [-0.2, 0) is 4.74 Å². The molecule has 100 valence electrons. The molecular formula is C11H17N3O4. The summed E-state index contributed by atoms with van der Waals surface area (Å²) >= 11 is 0. The number of rotatable bonds is 3. The van der Waals surface area contributed by atoms with Gasteiger partial charge in [-0.05, 0) is 6.07 Å². The lowest BCUT2D eigenvalue weighted by atomic mass is 10.2. The zero-order valence-corrected chi connectivity index (χ0v) is 10.4. The lowest BCUT2D eigenvalue weighted by molar-refractivity contribution is -0.0529. The smallest absolute Gasteiger partial charge is 0.351 e. The van der Waals surface area contributed by atoms with Crippen LogP contribution in [0, 0.1) is 0 Å². The first kappa shape index (κ1) is 13.0. The lowest BCUT2D eigenvalue weighted by Crippen LogP contribution is -2.32. The fraction of sp³-hybridized carbons (Fsp3) is 0.636. The number of nitrogens with zero attached hydrogens (tertiary/aromatic N) is 3. The van der Waals surface area contributed by atoms with Crippen molar-refractivity contribution in [3.63, 3.8) is 0 Å². The second-order valence-electron chi connectivity index (χ2n) is 4.50. The summed E-state index contributed by atoms with van der Waals surface area (Å²) < 4.78 is 6.64. The average molecular weight is 255 g/mol. The molecule has 0 bridgehead atoms. The largest absolute Gasteiger partial charge is 0.394 e. The Labute approximate surface area is 104 Å². The van der Waals surface area contributed by atoms with Gasteiger partial charge in [-0.1, -0.05) is 0 Å². The summed E-state index contributed by atoms with van der Waals surface area (Å²) in [7, 11) is 3.57. The van der Waals surface area contributed by atoms with Crippen LogP contribution < -0.4 is 10.6 Å². The third-order valence-corrected chi connectivity index (χ3v) is 2.92. The van der Waals surface area contributed by atoms with E-state index >= 15 is 0 Å².